The Morgan fingerprint density at radius 3 is 2.77 bits per heavy atom. The predicted octanol–water partition coefficient (Wildman–Crippen LogP) is 2.54. The van der Waals surface area contributed by atoms with Gasteiger partial charge in [-0.15, -0.1) is 0 Å². The van der Waals surface area contributed by atoms with E-state index in [0.717, 1.165) is 11.1 Å². The summed E-state index contributed by atoms with van der Waals surface area (Å²) >= 11 is 0. The number of amides is 1. The number of methoxy groups -OCH3 is 1. The van der Waals surface area contributed by atoms with Crippen molar-refractivity contribution in [3.05, 3.63) is 29.6 Å². The molecule has 0 aromatic carbocycles. The molecule has 6 heteroatoms. The number of nitrogens with zero attached hydrogens (tertiary/aromatic N) is 2. The Morgan fingerprint density at radius 2 is 2.14 bits per heavy atom. The van der Waals surface area contributed by atoms with Crippen LogP contribution in [0.4, 0.5) is 4.79 Å². The number of carbonyl (C=O) groups excluding carboxylic acids is 2. The van der Waals surface area contributed by atoms with Crippen LogP contribution in [0.15, 0.2) is 18.5 Å². The number of esters is 1. The molecule has 2 aliphatic rings. The van der Waals surface area contributed by atoms with Crippen LogP contribution in [-0.2, 0) is 19.8 Å². The monoisotopic (exact) mass is 304 g/mol. The van der Waals surface area contributed by atoms with Gasteiger partial charge in [0, 0.05) is 12.4 Å². The second-order valence-corrected chi connectivity index (χ2v) is 6.72. The average molecular weight is 304 g/mol. The maximum absolute atomic E-state index is 12.7. The average Bonchev–Trinajstić information content (AvgIpc) is 2.98. The molecule has 1 aromatic heterocycles. The lowest BCUT2D eigenvalue weighted by Gasteiger charge is -2.34. The number of pyridine rings is 1. The SMILES string of the molecule is COC(=O)[C@@]12CC[C@@H](c3cnccc31)N2C(=O)OC(C)(C)C. The van der Waals surface area contributed by atoms with Gasteiger partial charge in [-0.25, -0.2) is 9.59 Å². The minimum Gasteiger partial charge on any atom is -0.467 e. The molecule has 3 rings (SSSR count). The molecule has 1 aromatic rings. The summed E-state index contributed by atoms with van der Waals surface area (Å²) in [5.41, 5.74) is 0.00223. The van der Waals surface area contributed by atoms with Gasteiger partial charge in [0.25, 0.3) is 0 Å². The second-order valence-electron chi connectivity index (χ2n) is 6.72. The van der Waals surface area contributed by atoms with Crippen LogP contribution in [0.1, 0.15) is 50.8 Å². The second kappa shape index (κ2) is 4.69. The van der Waals surface area contributed by atoms with Gasteiger partial charge in [-0.05, 0) is 50.8 Å². The number of aromatic nitrogens is 1. The van der Waals surface area contributed by atoms with Crippen LogP contribution < -0.4 is 0 Å². The van der Waals surface area contributed by atoms with Gasteiger partial charge >= 0.3 is 12.1 Å². The highest BCUT2D eigenvalue weighted by Crippen LogP contribution is 2.57. The Balaban J connectivity index is 2.09. The third-order valence-electron chi connectivity index (χ3n) is 4.27. The highest BCUT2D eigenvalue weighted by Gasteiger charge is 2.63. The molecule has 0 N–H and O–H groups in total. The molecule has 2 bridgehead atoms. The fraction of sp³-hybridized carbons (Fsp3) is 0.562. The summed E-state index contributed by atoms with van der Waals surface area (Å²) in [5.74, 6) is -0.425. The normalized spacial score (nSPS) is 25.8. The first-order valence-electron chi connectivity index (χ1n) is 7.36. The van der Waals surface area contributed by atoms with Gasteiger partial charge in [-0.3, -0.25) is 9.88 Å². The largest absolute Gasteiger partial charge is 0.467 e. The van der Waals surface area contributed by atoms with Crippen molar-refractivity contribution in [1.82, 2.24) is 9.88 Å². The molecule has 22 heavy (non-hydrogen) atoms. The van der Waals surface area contributed by atoms with Crippen molar-refractivity contribution >= 4 is 12.1 Å². The standard InChI is InChI=1S/C16H20N2O4/c1-15(2,3)22-14(20)18-12-5-7-16(18,13(19)21-4)11-6-8-17-9-10(11)12/h6,8-9,12H,5,7H2,1-4H3/t12-,16+/m0/s1. The predicted molar refractivity (Wildman–Crippen MR) is 78.0 cm³/mol. The van der Waals surface area contributed by atoms with Crippen molar-refractivity contribution in [1.29, 1.82) is 0 Å². The number of hydrogen-bond donors (Lipinski definition) is 0. The molecule has 2 atom stereocenters. The van der Waals surface area contributed by atoms with Crippen LogP contribution in [0.25, 0.3) is 0 Å². The van der Waals surface area contributed by atoms with Crippen molar-refractivity contribution in [2.24, 2.45) is 0 Å². The first kappa shape index (κ1) is 14.8. The maximum atomic E-state index is 12.7. The lowest BCUT2D eigenvalue weighted by molar-refractivity contribution is -0.153. The third-order valence-corrected chi connectivity index (χ3v) is 4.27. The summed E-state index contributed by atoms with van der Waals surface area (Å²) in [6.45, 7) is 5.42. The van der Waals surface area contributed by atoms with E-state index in [9.17, 15) is 9.59 Å². The van der Waals surface area contributed by atoms with E-state index in [1.807, 2.05) is 20.8 Å². The lowest BCUT2D eigenvalue weighted by Crippen LogP contribution is -2.49. The van der Waals surface area contributed by atoms with Crippen LogP contribution in [-0.4, -0.2) is 34.7 Å². The fourth-order valence-corrected chi connectivity index (χ4v) is 3.54. The zero-order valence-corrected chi connectivity index (χ0v) is 13.3. The third kappa shape index (κ3) is 1.90. The Bertz CT molecular complexity index is 637. The summed E-state index contributed by atoms with van der Waals surface area (Å²) in [7, 11) is 1.34. The van der Waals surface area contributed by atoms with Gasteiger partial charge in [-0.2, -0.15) is 0 Å². The maximum Gasteiger partial charge on any atom is 0.412 e. The summed E-state index contributed by atoms with van der Waals surface area (Å²) < 4.78 is 10.5. The highest BCUT2D eigenvalue weighted by molar-refractivity contribution is 5.90. The molecule has 1 saturated heterocycles. The van der Waals surface area contributed by atoms with Crippen molar-refractivity contribution in [2.75, 3.05) is 7.11 Å². The first-order valence-corrected chi connectivity index (χ1v) is 7.36. The molecule has 0 unspecified atom stereocenters. The number of ether oxygens (including phenoxy) is 2. The molecule has 0 spiro atoms. The minimum absolute atomic E-state index is 0.183. The summed E-state index contributed by atoms with van der Waals surface area (Å²) in [4.78, 5) is 30.9. The molecule has 6 nitrogen and oxygen atoms in total. The lowest BCUT2D eigenvalue weighted by atomic mass is 9.82. The zero-order valence-electron chi connectivity index (χ0n) is 13.3. The highest BCUT2D eigenvalue weighted by atomic mass is 16.6. The quantitative estimate of drug-likeness (QED) is 0.746. The Morgan fingerprint density at radius 1 is 1.41 bits per heavy atom. The van der Waals surface area contributed by atoms with Crippen LogP contribution in [0, 0.1) is 0 Å². The molecule has 0 radical (unpaired) electrons. The van der Waals surface area contributed by atoms with Gasteiger partial charge in [0.1, 0.15) is 5.60 Å². The smallest absolute Gasteiger partial charge is 0.412 e. The van der Waals surface area contributed by atoms with Gasteiger partial charge < -0.3 is 9.47 Å². The van der Waals surface area contributed by atoms with Gasteiger partial charge in [0.15, 0.2) is 5.54 Å². The molecular formula is C16H20N2O4. The summed E-state index contributed by atoms with van der Waals surface area (Å²) in [5, 5.41) is 0. The number of fused-ring (bicyclic) bond motifs is 5. The van der Waals surface area contributed by atoms with E-state index in [2.05, 4.69) is 4.98 Å². The molecule has 0 aliphatic carbocycles. The van der Waals surface area contributed by atoms with E-state index in [1.165, 1.54) is 12.0 Å². The van der Waals surface area contributed by atoms with Gasteiger partial charge in [0.05, 0.1) is 13.2 Å². The molecule has 0 saturated carbocycles. The van der Waals surface area contributed by atoms with Crippen LogP contribution in [0.2, 0.25) is 0 Å². The Labute approximate surface area is 129 Å². The topological polar surface area (TPSA) is 68.7 Å². The summed E-state index contributed by atoms with van der Waals surface area (Å²) in [6.07, 6.45) is 4.11. The van der Waals surface area contributed by atoms with Crippen molar-refractivity contribution in [3.8, 4) is 0 Å². The molecule has 1 amide bonds. The summed E-state index contributed by atoms with van der Waals surface area (Å²) in [6, 6.07) is 1.61. The van der Waals surface area contributed by atoms with Gasteiger partial charge in [-0.1, -0.05) is 0 Å². The Kier molecular flexibility index (Phi) is 3.16. The zero-order chi connectivity index (χ0) is 16.1. The van der Waals surface area contributed by atoms with Gasteiger partial charge in [0.2, 0.25) is 0 Å². The Hall–Kier alpha value is -2.11. The van der Waals surface area contributed by atoms with Crippen LogP contribution in [0.3, 0.4) is 0 Å². The van der Waals surface area contributed by atoms with E-state index in [4.69, 9.17) is 9.47 Å². The fourth-order valence-electron chi connectivity index (χ4n) is 3.54. The number of carbonyl (C=O) groups is 2. The first-order chi connectivity index (χ1) is 10.3. The van der Waals surface area contributed by atoms with E-state index in [0.29, 0.717) is 12.8 Å². The number of rotatable bonds is 1. The van der Waals surface area contributed by atoms with E-state index < -0.39 is 23.2 Å². The molecular weight excluding hydrogens is 284 g/mol. The minimum atomic E-state index is -1.08. The molecule has 118 valence electrons. The van der Waals surface area contributed by atoms with Crippen molar-refractivity contribution < 1.29 is 19.1 Å². The van der Waals surface area contributed by atoms with Crippen LogP contribution in [0.5, 0.6) is 0 Å². The van der Waals surface area contributed by atoms with Crippen LogP contribution >= 0.6 is 0 Å². The van der Waals surface area contributed by atoms with E-state index in [1.54, 1.807) is 18.5 Å². The van der Waals surface area contributed by atoms with Crippen molar-refractivity contribution in [3.63, 3.8) is 0 Å². The molecule has 1 fully saturated rings. The number of hydrogen-bond acceptors (Lipinski definition) is 5. The van der Waals surface area contributed by atoms with E-state index >= 15 is 0 Å². The van der Waals surface area contributed by atoms with E-state index in [-0.39, 0.29) is 6.04 Å². The molecule has 3 heterocycles. The van der Waals surface area contributed by atoms with Crippen molar-refractivity contribution in [2.45, 2.75) is 50.8 Å². The molecule has 2 aliphatic heterocycles.